The normalized spacial score (nSPS) is 13.3. The molecule has 0 bridgehead atoms. The summed E-state index contributed by atoms with van der Waals surface area (Å²) in [5.41, 5.74) is 8.10. The van der Waals surface area contributed by atoms with Crippen LogP contribution in [0, 0.1) is 12.8 Å². The van der Waals surface area contributed by atoms with E-state index in [2.05, 4.69) is 29.1 Å². The molecule has 0 spiro atoms. The fourth-order valence-electron chi connectivity index (χ4n) is 2.86. The number of pyridine rings is 2. The molecule has 0 aromatic carbocycles. The maximum absolute atomic E-state index is 10.7. The van der Waals surface area contributed by atoms with E-state index in [1.165, 1.54) is 6.20 Å². The highest BCUT2D eigenvalue weighted by Crippen LogP contribution is 2.25. The molecule has 26 heavy (non-hydrogen) atoms. The topological polar surface area (TPSA) is 110 Å². The largest absolute Gasteiger partial charge is 0.490 e. The first-order chi connectivity index (χ1) is 12.2. The molecule has 2 aromatic heterocycles. The highest BCUT2D eigenvalue weighted by Gasteiger charge is 2.21. The average molecular weight is 358 g/mol. The summed E-state index contributed by atoms with van der Waals surface area (Å²) in [4.78, 5) is 19.3. The Balaban J connectivity index is 2.13. The quantitative estimate of drug-likeness (QED) is 0.696. The van der Waals surface area contributed by atoms with E-state index in [0.717, 1.165) is 17.7 Å². The number of aromatic nitrogens is 2. The molecule has 0 saturated carbocycles. The Hall–Kier alpha value is -2.67. The molecule has 2 rings (SSSR count). The molecule has 2 aromatic rings. The van der Waals surface area contributed by atoms with E-state index < -0.39 is 11.6 Å². The summed E-state index contributed by atoms with van der Waals surface area (Å²) >= 11 is 0. The van der Waals surface area contributed by atoms with Gasteiger partial charge in [0.25, 0.3) is 0 Å². The fraction of sp³-hybridized carbons (Fsp3) is 0.421. The molecule has 0 saturated heterocycles. The second-order valence-electron chi connectivity index (χ2n) is 7.18. The van der Waals surface area contributed by atoms with Crippen LogP contribution >= 0.6 is 0 Å². The van der Waals surface area contributed by atoms with Crippen molar-refractivity contribution in [3.63, 3.8) is 0 Å². The van der Waals surface area contributed by atoms with Crippen molar-refractivity contribution in [2.75, 3.05) is 11.9 Å². The van der Waals surface area contributed by atoms with Gasteiger partial charge in [-0.1, -0.05) is 13.8 Å². The van der Waals surface area contributed by atoms with E-state index >= 15 is 0 Å². The lowest BCUT2D eigenvalue weighted by molar-refractivity contribution is 0.205. The number of nitrogens with one attached hydrogen (secondary N) is 1. The van der Waals surface area contributed by atoms with Crippen LogP contribution in [0.15, 0.2) is 30.5 Å². The Morgan fingerprint density at radius 1 is 1.38 bits per heavy atom. The van der Waals surface area contributed by atoms with Crippen molar-refractivity contribution in [1.82, 2.24) is 9.97 Å². The van der Waals surface area contributed by atoms with Crippen LogP contribution in [0.2, 0.25) is 0 Å². The van der Waals surface area contributed by atoms with Crippen molar-refractivity contribution in [3.05, 3.63) is 36.2 Å². The highest BCUT2D eigenvalue weighted by molar-refractivity contribution is 5.82. The van der Waals surface area contributed by atoms with Gasteiger partial charge >= 0.3 is 6.09 Å². The summed E-state index contributed by atoms with van der Waals surface area (Å²) in [7, 11) is 0. The van der Waals surface area contributed by atoms with Crippen LogP contribution in [0.4, 0.5) is 10.6 Å². The van der Waals surface area contributed by atoms with Crippen molar-refractivity contribution in [1.29, 1.82) is 0 Å². The average Bonchev–Trinajstić information content (AvgIpc) is 2.52. The monoisotopic (exact) mass is 358 g/mol. The molecule has 1 unspecified atom stereocenters. The molecule has 1 atom stereocenters. The predicted molar refractivity (Wildman–Crippen MR) is 101 cm³/mol. The molecule has 0 aliphatic rings. The van der Waals surface area contributed by atoms with Crippen LogP contribution in [0.25, 0.3) is 11.3 Å². The van der Waals surface area contributed by atoms with Gasteiger partial charge in [0.2, 0.25) is 0 Å². The maximum Gasteiger partial charge on any atom is 0.410 e. The molecule has 0 aliphatic heterocycles. The minimum Gasteiger partial charge on any atom is -0.490 e. The molecular weight excluding hydrogens is 332 g/mol. The smallest absolute Gasteiger partial charge is 0.410 e. The van der Waals surface area contributed by atoms with Gasteiger partial charge < -0.3 is 15.6 Å². The lowest BCUT2D eigenvalue weighted by atomic mass is 9.93. The zero-order chi connectivity index (χ0) is 19.3. The molecular formula is C19H26N4O3. The number of hydrogen-bond donors (Lipinski definition) is 3. The van der Waals surface area contributed by atoms with Crippen molar-refractivity contribution >= 4 is 11.9 Å². The number of rotatable bonds is 7. The van der Waals surface area contributed by atoms with Crippen LogP contribution in [0.5, 0.6) is 5.75 Å². The summed E-state index contributed by atoms with van der Waals surface area (Å²) < 4.78 is 5.88. The molecule has 0 aliphatic carbocycles. The van der Waals surface area contributed by atoms with E-state index in [-0.39, 0.29) is 5.82 Å². The number of ether oxygens (including phenoxy) is 1. The number of carbonyl (C=O) groups is 1. The van der Waals surface area contributed by atoms with E-state index in [1.54, 1.807) is 12.1 Å². The minimum atomic E-state index is -1.16. The lowest BCUT2D eigenvalue weighted by Crippen LogP contribution is -2.43. The summed E-state index contributed by atoms with van der Waals surface area (Å²) in [6.07, 6.45) is 1.25. The van der Waals surface area contributed by atoms with Gasteiger partial charge in [-0.15, -0.1) is 0 Å². The van der Waals surface area contributed by atoms with Crippen molar-refractivity contribution in [3.8, 4) is 17.0 Å². The Labute approximate surface area is 153 Å². The number of carboxylic acid groups (broad SMARTS) is 1. The maximum atomic E-state index is 10.7. The van der Waals surface area contributed by atoms with Crippen molar-refractivity contribution in [2.24, 2.45) is 11.7 Å². The standard InChI is InChI=1S/C19H26N4O3/c1-12(2)10-19(4,20)11-26-16-6-5-15(22-13(16)3)14-7-8-21-17(9-14)23-18(24)25/h5-9,12H,10-11,20H2,1-4H3,(H,21,23)(H,24,25). The van der Waals surface area contributed by atoms with E-state index in [1.807, 2.05) is 26.0 Å². The molecule has 7 heteroatoms. The molecule has 2 heterocycles. The number of hydrogen-bond acceptors (Lipinski definition) is 5. The number of amides is 1. The number of nitrogens with two attached hydrogens (primary N) is 1. The first-order valence-corrected chi connectivity index (χ1v) is 8.52. The van der Waals surface area contributed by atoms with Gasteiger partial charge in [0.15, 0.2) is 0 Å². The summed E-state index contributed by atoms with van der Waals surface area (Å²) in [6, 6.07) is 7.09. The third-order valence-electron chi connectivity index (χ3n) is 3.76. The zero-order valence-corrected chi connectivity index (χ0v) is 15.6. The Morgan fingerprint density at radius 2 is 2.12 bits per heavy atom. The molecule has 1 amide bonds. The fourth-order valence-corrected chi connectivity index (χ4v) is 2.86. The van der Waals surface area contributed by atoms with Gasteiger partial charge in [0, 0.05) is 17.3 Å². The van der Waals surface area contributed by atoms with Crippen LogP contribution in [0.3, 0.4) is 0 Å². The van der Waals surface area contributed by atoms with Crippen molar-refractivity contribution < 1.29 is 14.6 Å². The molecule has 0 fully saturated rings. The van der Waals surface area contributed by atoms with Gasteiger partial charge in [0.1, 0.15) is 18.2 Å². The van der Waals surface area contributed by atoms with Crippen LogP contribution in [-0.2, 0) is 0 Å². The predicted octanol–water partition coefficient (Wildman–Crippen LogP) is 3.68. The number of anilines is 1. The van der Waals surface area contributed by atoms with Gasteiger partial charge in [-0.05, 0) is 50.5 Å². The van der Waals surface area contributed by atoms with Crippen LogP contribution < -0.4 is 15.8 Å². The second-order valence-corrected chi connectivity index (χ2v) is 7.18. The second kappa shape index (κ2) is 8.14. The molecule has 4 N–H and O–H groups in total. The number of aryl methyl sites for hydroxylation is 1. The summed E-state index contributed by atoms with van der Waals surface area (Å²) in [6.45, 7) is 8.53. The van der Waals surface area contributed by atoms with Gasteiger partial charge in [0.05, 0.1) is 11.4 Å². The van der Waals surface area contributed by atoms with Gasteiger partial charge in [-0.2, -0.15) is 0 Å². The molecule has 140 valence electrons. The third-order valence-corrected chi connectivity index (χ3v) is 3.76. The van der Waals surface area contributed by atoms with E-state index in [4.69, 9.17) is 15.6 Å². The highest BCUT2D eigenvalue weighted by atomic mass is 16.5. The minimum absolute atomic E-state index is 0.252. The Kier molecular flexibility index (Phi) is 6.15. The first-order valence-electron chi connectivity index (χ1n) is 8.52. The lowest BCUT2D eigenvalue weighted by Gasteiger charge is -2.27. The summed E-state index contributed by atoms with van der Waals surface area (Å²) in [5, 5.41) is 11.0. The number of nitrogens with zero attached hydrogens (tertiary/aromatic N) is 2. The van der Waals surface area contributed by atoms with Crippen LogP contribution in [0.1, 0.15) is 32.9 Å². The third kappa shape index (κ3) is 5.70. The SMILES string of the molecule is Cc1nc(-c2ccnc(NC(=O)O)c2)ccc1OCC(C)(N)CC(C)C. The first kappa shape index (κ1) is 19.7. The Bertz CT molecular complexity index is 775. The molecule has 7 nitrogen and oxygen atoms in total. The zero-order valence-electron chi connectivity index (χ0n) is 15.6. The molecule has 0 radical (unpaired) electrons. The van der Waals surface area contributed by atoms with E-state index in [0.29, 0.717) is 24.0 Å². The van der Waals surface area contributed by atoms with Crippen molar-refractivity contribution in [2.45, 2.75) is 39.7 Å². The van der Waals surface area contributed by atoms with E-state index in [9.17, 15) is 4.79 Å². The van der Waals surface area contributed by atoms with Gasteiger partial charge in [-0.25, -0.2) is 14.8 Å². The van der Waals surface area contributed by atoms with Gasteiger partial charge in [-0.3, -0.25) is 5.32 Å². The van der Waals surface area contributed by atoms with Crippen LogP contribution in [-0.4, -0.2) is 33.3 Å². The Morgan fingerprint density at radius 3 is 2.73 bits per heavy atom. The summed E-state index contributed by atoms with van der Waals surface area (Å²) in [5.74, 6) is 1.44.